The zero-order valence-electron chi connectivity index (χ0n) is 22.9. The van der Waals surface area contributed by atoms with Crippen LogP contribution in [-0.4, -0.2) is 72.5 Å². The molecule has 1 fully saturated rings. The van der Waals surface area contributed by atoms with Gasteiger partial charge in [0.25, 0.3) is 0 Å². The molecule has 1 aliphatic heterocycles. The molecule has 8 heteroatoms. The van der Waals surface area contributed by atoms with Gasteiger partial charge in [-0.25, -0.2) is 4.39 Å². The first-order valence-corrected chi connectivity index (χ1v) is 14.2. The first-order chi connectivity index (χ1) is 18.5. The van der Waals surface area contributed by atoms with Crippen molar-refractivity contribution in [2.24, 2.45) is 0 Å². The minimum atomic E-state index is -0.315. The molecule has 0 N–H and O–H groups in total. The number of halogens is 1. The van der Waals surface area contributed by atoms with Crippen LogP contribution in [0.5, 0.6) is 0 Å². The lowest BCUT2D eigenvalue weighted by molar-refractivity contribution is -0.141. The van der Waals surface area contributed by atoms with E-state index >= 15 is 0 Å². The van der Waals surface area contributed by atoms with Crippen LogP contribution >= 0.6 is 0 Å². The summed E-state index contributed by atoms with van der Waals surface area (Å²) in [5.74, 6) is 0.242. The molecule has 2 amide bonds. The number of carbonyl (C=O) groups is 2. The van der Waals surface area contributed by atoms with Crippen molar-refractivity contribution in [3.8, 4) is 0 Å². The van der Waals surface area contributed by atoms with Gasteiger partial charge in [-0.1, -0.05) is 51.2 Å². The Balaban J connectivity index is 1.62. The summed E-state index contributed by atoms with van der Waals surface area (Å²) in [6.45, 7) is 7.53. The highest BCUT2D eigenvalue weighted by Gasteiger charge is 2.23. The number of rotatable bonds is 17. The molecule has 1 aromatic heterocycles. The van der Waals surface area contributed by atoms with Gasteiger partial charge in [-0.05, 0) is 42.7 Å². The summed E-state index contributed by atoms with van der Waals surface area (Å²) in [4.78, 5) is 32.6. The van der Waals surface area contributed by atoms with E-state index in [1.54, 1.807) is 34.3 Å². The largest absolute Gasteiger partial charge is 0.467 e. The molecule has 2 aromatic rings. The summed E-state index contributed by atoms with van der Waals surface area (Å²) < 4.78 is 24.4. The Morgan fingerprint density at radius 1 is 0.895 bits per heavy atom. The van der Waals surface area contributed by atoms with E-state index in [-0.39, 0.29) is 30.7 Å². The molecule has 2 heterocycles. The number of hydrogen-bond donors (Lipinski definition) is 0. The third kappa shape index (κ3) is 11.0. The third-order valence-corrected chi connectivity index (χ3v) is 7.00. The summed E-state index contributed by atoms with van der Waals surface area (Å²) in [7, 11) is 0. The fourth-order valence-corrected chi connectivity index (χ4v) is 4.71. The van der Waals surface area contributed by atoms with Gasteiger partial charge in [-0.15, -0.1) is 0 Å². The van der Waals surface area contributed by atoms with Crippen LogP contribution in [0.4, 0.5) is 4.39 Å². The van der Waals surface area contributed by atoms with E-state index in [1.165, 1.54) is 31.4 Å². The maximum absolute atomic E-state index is 13.6. The van der Waals surface area contributed by atoms with E-state index in [2.05, 4.69) is 11.8 Å². The molecule has 7 nitrogen and oxygen atoms in total. The molecule has 0 spiro atoms. The van der Waals surface area contributed by atoms with Gasteiger partial charge in [0.05, 0.1) is 32.6 Å². The van der Waals surface area contributed by atoms with Crippen molar-refractivity contribution in [3.63, 3.8) is 0 Å². The molecule has 0 bridgehead atoms. The topological polar surface area (TPSA) is 66.2 Å². The molecule has 210 valence electrons. The van der Waals surface area contributed by atoms with Gasteiger partial charge in [0.15, 0.2) is 0 Å². The molecule has 1 aliphatic rings. The van der Waals surface area contributed by atoms with Crippen molar-refractivity contribution in [3.05, 3.63) is 59.8 Å². The fourth-order valence-electron chi connectivity index (χ4n) is 4.71. The second-order valence-electron chi connectivity index (χ2n) is 10.1. The highest BCUT2D eigenvalue weighted by atomic mass is 19.1. The zero-order valence-corrected chi connectivity index (χ0v) is 22.9. The standard InChI is InChI=1S/C30H44FN3O4/c1-2-3-4-5-6-7-11-29(35)33(17-9-16-32-18-21-37-22-19-32)25-30(36)34(24-28-10-8-20-38-28)23-26-12-14-27(31)15-13-26/h8,10,12-15,20H,2-7,9,11,16-19,21-25H2,1H3. The first-order valence-electron chi connectivity index (χ1n) is 14.2. The summed E-state index contributed by atoms with van der Waals surface area (Å²) in [5, 5.41) is 0. The number of furan rings is 1. The predicted octanol–water partition coefficient (Wildman–Crippen LogP) is 5.25. The zero-order chi connectivity index (χ0) is 27.0. The third-order valence-electron chi connectivity index (χ3n) is 7.00. The molecule has 1 saturated heterocycles. The summed E-state index contributed by atoms with van der Waals surface area (Å²) >= 11 is 0. The number of hydrogen-bond acceptors (Lipinski definition) is 5. The van der Waals surface area contributed by atoms with Crippen LogP contribution < -0.4 is 0 Å². The van der Waals surface area contributed by atoms with Gasteiger partial charge in [0.2, 0.25) is 11.8 Å². The average Bonchev–Trinajstić information content (AvgIpc) is 3.44. The summed E-state index contributed by atoms with van der Waals surface area (Å²) in [6, 6.07) is 9.77. The van der Waals surface area contributed by atoms with Crippen molar-refractivity contribution in [1.82, 2.24) is 14.7 Å². The fraction of sp³-hybridized carbons (Fsp3) is 0.600. The van der Waals surface area contributed by atoms with Crippen LogP contribution in [0.3, 0.4) is 0 Å². The van der Waals surface area contributed by atoms with Crippen molar-refractivity contribution >= 4 is 11.8 Å². The Hall–Kier alpha value is -2.71. The van der Waals surface area contributed by atoms with Crippen molar-refractivity contribution < 1.29 is 23.1 Å². The van der Waals surface area contributed by atoms with Crippen LogP contribution in [0.2, 0.25) is 0 Å². The van der Waals surface area contributed by atoms with E-state index in [4.69, 9.17) is 9.15 Å². The minimum absolute atomic E-state index is 0.0275. The number of morpholine rings is 1. The molecular weight excluding hydrogens is 485 g/mol. The Morgan fingerprint density at radius 3 is 2.34 bits per heavy atom. The van der Waals surface area contributed by atoms with Crippen molar-refractivity contribution in [2.75, 3.05) is 45.9 Å². The molecule has 0 atom stereocenters. The Morgan fingerprint density at radius 2 is 1.63 bits per heavy atom. The average molecular weight is 530 g/mol. The molecule has 1 aromatic carbocycles. The molecule has 0 aliphatic carbocycles. The Kier molecular flexibility index (Phi) is 13.3. The van der Waals surface area contributed by atoms with Gasteiger partial charge in [0, 0.05) is 39.1 Å². The smallest absolute Gasteiger partial charge is 0.242 e. The minimum Gasteiger partial charge on any atom is -0.467 e. The number of ether oxygens (including phenoxy) is 1. The van der Waals surface area contributed by atoms with Crippen LogP contribution in [-0.2, 0) is 27.4 Å². The Labute approximate surface area is 226 Å². The molecule has 0 radical (unpaired) electrons. The molecule has 38 heavy (non-hydrogen) atoms. The van der Waals surface area contributed by atoms with E-state index in [1.807, 2.05) is 6.07 Å². The van der Waals surface area contributed by atoms with E-state index in [0.717, 1.165) is 64.1 Å². The van der Waals surface area contributed by atoms with Crippen LogP contribution in [0.1, 0.15) is 69.6 Å². The SMILES string of the molecule is CCCCCCCCC(=O)N(CCCN1CCOCC1)CC(=O)N(Cc1ccc(F)cc1)Cc1ccco1. The maximum Gasteiger partial charge on any atom is 0.242 e. The normalized spacial score (nSPS) is 13.9. The lowest BCUT2D eigenvalue weighted by Gasteiger charge is -2.30. The van der Waals surface area contributed by atoms with Gasteiger partial charge >= 0.3 is 0 Å². The van der Waals surface area contributed by atoms with Crippen molar-refractivity contribution in [2.45, 2.75) is 71.4 Å². The predicted molar refractivity (Wildman–Crippen MR) is 146 cm³/mol. The lowest BCUT2D eigenvalue weighted by Crippen LogP contribution is -2.44. The first kappa shape index (κ1) is 29.8. The molecule has 3 rings (SSSR count). The summed E-state index contributed by atoms with van der Waals surface area (Å²) in [6.07, 6.45) is 9.53. The highest BCUT2D eigenvalue weighted by Crippen LogP contribution is 2.14. The number of nitrogens with zero attached hydrogens (tertiary/aromatic N) is 3. The van der Waals surface area contributed by atoms with Gasteiger partial charge in [-0.3, -0.25) is 14.5 Å². The monoisotopic (exact) mass is 529 g/mol. The second-order valence-corrected chi connectivity index (χ2v) is 10.1. The molecular formula is C30H44FN3O4. The number of carbonyl (C=O) groups excluding carboxylic acids is 2. The summed E-state index contributed by atoms with van der Waals surface area (Å²) in [5.41, 5.74) is 0.823. The molecule has 0 saturated carbocycles. The molecule has 0 unspecified atom stereocenters. The number of unbranched alkanes of at least 4 members (excludes halogenated alkanes) is 5. The van der Waals surface area contributed by atoms with Gasteiger partial charge in [0.1, 0.15) is 11.6 Å². The Bertz CT molecular complexity index is 929. The second kappa shape index (κ2) is 17.0. The van der Waals surface area contributed by atoms with Crippen molar-refractivity contribution in [1.29, 1.82) is 0 Å². The maximum atomic E-state index is 13.6. The van der Waals surface area contributed by atoms with E-state index < -0.39 is 0 Å². The van der Waals surface area contributed by atoms with Crippen LogP contribution in [0.15, 0.2) is 47.1 Å². The quantitative estimate of drug-likeness (QED) is 0.262. The van der Waals surface area contributed by atoms with Gasteiger partial charge < -0.3 is 19.0 Å². The number of amides is 2. The van der Waals surface area contributed by atoms with Gasteiger partial charge in [-0.2, -0.15) is 0 Å². The van der Waals surface area contributed by atoms with E-state index in [0.29, 0.717) is 25.3 Å². The van der Waals surface area contributed by atoms with E-state index in [9.17, 15) is 14.0 Å². The highest BCUT2D eigenvalue weighted by molar-refractivity contribution is 5.84. The lowest BCUT2D eigenvalue weighted by atomic mass is 10.1. The number of benzene rings is 1. The van der Waals surface area contributed by atoms with Crippen LogP contribution in [0.25, 0.3) is 0 Å². The van der Waals surface area contributed by atoms with Crippen LogP contribution in [0, 0.1) is 5.82 Å².